The molecule has 2 aromatic heterocycles. The smallest absolute Gasteiger partial charge is 0.174 e. The lowest BCUT2D eigenvalue weighted by molar-refractivity contribution is 0.0994. The average Bonchev–Trinajstić information content (AvgIpc) is 3.23. The van der Waals surface area contributed by atoms with E-state index in [4.69, 9.17) is 9.72 Å². The summed E-state index contributed by atoms with van der Waals surface area (Å²) in [5, 5.41) is 2.32. The molecule has 1 fully saturated rings. The highest BCUT2D eigenvalue weighted by Gasteiger charge is 2.34. The van der Waals surface area contributed by atoms with Gasteiger partial charge >= 0.3 is 0 Å². The summed E-state index contributed by atoms with van der Waals surface area (Å²) in [4.78, 5) is 20.6. The second-order valence-corrected chi connectivity index (χ2v) is 7.61. The number of hydrogen-bond donors (Lipinski definition) is 0. The van der Waals surface area contributed by atoms with Crippen LogP contribution in [0.15, 0.2) is 42.5 Å². The van der Waals surface area contributed by atoms with Gasteiger partial charge in [0, 0.05) is 36.5 Å². The number of carbonyl (C=O) groups excluding carboxylic acids is 1. The van der Waals surface area contributed by atoms with E-state index in [0.717, 1.165) is 53.3 Å². The number of morpholine rings is 1. The van der Waals surface area contributed by atoms with Gasteiger partial charge in [0.05, 0.1) is 28.6 Å². The van der Waals surface area contributed by atoms with Gasteiger partial charge < -0.3 is 9.64 Å². The second kappa shape index (κ2) is 5.93. The number of thiophene rings is 1. The molecule has 25 heavy (non-hydrogen) atoms. The Morgan fingerprint density at radius 2 is 1.96 bits per heavy atom. The fraction of sp³-hybridized carbons (Fsp3) is 0.300. The number of benzene rings is 1. The molecule has 5 rings (SSSR count). The van der Waals surface area contributed by atoms with Crippen LogP contribution < -0.4 is 4.90 Å². The van der Waals surface area contributed by atoms with Gasteiger partial charge in [0.15, 0.2) is 5.78 Å². The molecule has 0 radical (unpaired) electrons. The molecule has 1 aromatic carbocycles. The van der Waals surface area contributed by atoms with Gasteiger partial charge in [0.2, 0.25) is 0 Å². The Bertz CT molecular complexity index is 959. The van der Waals surface area contributed by atoms with Gasteiger partial charge in [0.1, 0.15) is 0 Å². The standard InChI is InChI=1S/C20H18N2O2S/c23-18-11-14(17-6-5-13-3-1-2-4-16(13)21-17)15-12-19(25-20(15)18)22-7-9-24-10-8-22/h1-6,12,14H,7-11H2. The molecule has 0 spiro atoms. The Balaban J connectivity index is 1.53. The van der Waals surface area contributed by atoms with Gasteiger partial charge in [-0.15, -0.1) is 11.3 Å². The molecule has 0 bridgehead atoms. The van der Waals surface area contributed by atoms with Crippen molar-refractivity contribution in [3.05, 3.63) is 58.6 Å². The van der Waals surface area contributed by atoms with Crippen molar-refractivity contribution in [2.45, 2.75) is 12.3 Å². The van der Waals surface area contributed by atoms with Crippen molar-refractivity contribution in [3.8, 4) is 0 Å². The summed E-state index contributed by atoms with van der Waals surface area (Å²) in [7, 11) is 0. The molecule has 3 aromatic rings. The van der Waals surface area contributed by atoms with Crippen molar-refractivity contribution >= 4 is 33.0 Å². The third kappa shape index (κ3) is 2.55. The molecule has 1 saturated heterocycles. The maximum absolute atomic E-state index is 12.5. The Morgan fingerprint density at radius 3 is 2.84 bits per heavy atom. The molecule has 0 amide bonds. The molecule has 1 unspecified atom stereocenters. The minimum absolute atomic E-state index is 0.0816. The van der Waals surface area contributed by atoms with Crippen LogP contribution in [-0.4, -0.2) is 37.1 Å². The largest absolute Gasteiger partial charge is 0.378 e. The fourth-order valence-electron chi connectivity index (χ4n) is 3.74. The number of ketones is 1. The number of rotatable bonds is 2. The third-order valence-electron chi connectivity index (χ3n) is 5.07. The summed E-state index contributed by atoms with van der Waals surface area (Å²) in [6.07, 6.45) is 0.538. The van der Waals surface area contributed by atoms with Crippen molar-refractivity contribution in [3.63, 3.8) is 0 Å². The number of pyridine rings is 1. The van der Waals surface area contributed by atoms with E-state index in [0.29, 0.717) is 6.42 Å². The summed E-state index contributed by atoms with van der Waals surface area (Å²) in [5.74, 6) is 0.331. The Kier molecular flexibility index (Phi) is 3.57. The zero-order valence-electron chi connectivity index (χ0n) is 13.8. The fourth-order valence-corrected chi connectivity index (χ4v) is 4.96. The minimum atomic E-state index is 0.0816. The zero-order chi connectivity index (χ0) is 16.8. The van der Waals surface area contributed by atoms with Crippen LogP contribution in [0.1, 0.15) is 33.3 Å². The van der Waals surface area contributed by atoms with Crippen LogP contribution in [0.4, 0.5) is 5.00 Å². The number of nitrogens with zero attached hydrogens (tertiary/aromatic N) is 2. The summed E-state index contributed by atoms with van der Waals surface area (Å²) in [6, 6.07) is 14.5. The number of fused-ring (bicyclic) bond motifs is 2. The number of anilines is 1. The highest BCUT2D eigenvalue weighted by molar-refractivity contribution is 7.18. The highest BCUT2D eigenvalue weighted by Crippen LogP contribution is 2.45. The van der Waals surface area contributed by atoms with E-state index in [2.05, 4.69) is 29.2 Å². The molecule has 3 heterocycles. The average molecular weight is 350 g/mol. The van der Waals surface area contributed by atoms with E-state index in [9.17, 15) is 4.79 Å². The number of para-hydroxylation sites is 1. The lowest BCUT2D eigenvalue weighted by Crippen LogP contribution is -2.35. The maximum atomic E-state index is 12.5. The van der Waals surface area contributed by atoms with Gasteiger partial charge in [-0.2, -0.15) is 0 Å². The molecule has 1 aliphatic heterocycles. The number of hydrogen-bond acceptors (Lipinski definition) is 5. The molecule has 126 valence electrons. The maximum Gasteiger partial charge on any atom is 0.174 e. The van der Waals surface area contributed by atoms with Crippen molar-refractivity contribution in [2.24, 2.45) is 0 Å². The van der Waals surface area contributed by atoms with Crippen LogP contribution in [0.3, 0.4) is 0 Å². The van der Waals surface area contributed by atoms with Crippen molar-refractivity contribution < 1.29 is 9.53 Å². The van der Waals surface area contributed by atoms with Gasteiger partial charge in [-0.25, -0.2) is 0 Å². The van der Waals surface area contributed by atoms with E-state index in [-0.39, 0.29) is 11.7 Å². The van der Waals surface area contributed by atoms with E-state index in [1.165, 1.54) is 5.00 Å². The van der Waals surface area contributed by atoms with E-state index in [1.807, 2.05) is 18.2 Å². The Labute approximate surface area is 150 Å². The summed E-state index contributed by atoms with van der Waals surface area (Å²) >= 11 is 1.63. The van der Waals surface area contributed by atoms with Crippen LogP contribution in [0.5, 0.6) is 0 Å². The molecule has 4 nitrogen and oxygen atoms in total. The van der Waals surface area contributed by atoms with E-state index >= 15 is 0 Å². The molecular formula is C20H18N2O2S. The van der Waals surface area contributed by atoms with E-state index in [1.54, 1.807) is 11.3 Å². The van der Waals surface area contributed by atoms with Crippen LogP contribution in [-0.2, 0) is 4.74 Å². The highest BCUT2D eigenvalue weighted by atomic mass is 32.1. The van der Waals surface area contributed by atoms with Crippen LogP contribution in [0, 0.1) is 0 Å². The van der Waals surface area contributed by atoms with Gasteiger partial charge in [0.25, 0.3) is 0 Å². The summed E-state index contributed by atoms with van der Waals surface area (Å²) in [6.45, 7) is 3.30. The molecule has 1 aliphatic carbocycles. The SMILES string of the molecule is O=C1CC(c2ccc3ccccc3n2)c2cc(N3CCOCC3)sc21. The number of ether oxygens (including phenoxy) is 1. The normalized spacial score (nSPS) is 20.2. The zero-order valence-corrected chi connectivity index (χ0v) is 14.6. The van der Waals surface area contributed by atoms with Crippen LogP contribution in [0.25, 0.3) is 10.9 Å². The predicted molar refractivity (Wildman–Crippen MR) is 99.9 cm³/mol. The Hall–Kier alpha value is -2.24. The molecule has 0 N–H and O–H groups in total. The number of Topliss-reactive ketones (excluding diaryl/α,β-unsaturated/α-hetero) is 1. The first kappa shape index (κ1) is 15.0. The quantitative estimate of drug-likeness (QED) is 0.704. The van der Waals surface area contributed by atoms with Crippen LogP contribution in [0.2, 0.25) is 0 Å². The molecule has 5 heteroatoms. The first-order valence-electron chi connectivity index (χ1n) is 8.65. The topological polar surface area (TPSA) is 42.4 Å². The van der Waals surface area contributed by atoms with Crippen molar-refractivity contribution in [1.82, 2.24) is 4.98 Å². The third-order valence-corrected chi connectivity index (χ3v) is 6.32. The Morgan fingerprint density at radius 1 is 1.12 bits per heavy atom. The monoisotopic (exact) mass is 350 g/mol. The first-order valence-corrected chi connectivity index (χ1v) is 9.46. The number of aromatic nitrogens is 1. The lowest BCUT2D eigenvalue weighted by atomic mass is 9.98. The van der Waals surface area contributed by atoms with Gasteiger partial charge in [-0.1, -0.05) is 24.3 Å². The van der Waals surface area contributed by atoms with Gasteiger partial charge in [-0.3, -0.25) is 9.78 Å². The van der Waals surface area contributed by atoms with Crippen molar-refractivity contribution in [1.29, 1.82) is 0 Å². The van der Waals surface area contributed by atoms with Crippen molar-refractivity contribution in [2.75, 3.05) is 31.2 Å². The number of carbonyl (C=O) groups is 1. The first-order chi connectivity index (χ1) is 12.3. The molecular weight excluding hydrogens is 332 g/mol. The molecule has 1 atom stereocenters. The lowest BCUT2D eigenvalue weighted by Gasteiger charge is -2.27. The molecule has 0 saturated carbocycles. The second-order valence-electron chi connectivity index (χ2n) is 6.58. The van der Waals surface area contributed by atoms with Gasteiger partial charge in [-0.05, 0) is 23.8 Å². The van der Waals surface area contributed by atoms with E-state index < -0.39 is 0 Å². The van der Waals surface area contributed by atoms with Crippen LogP contribution >= 0.6 is 11.3 Å². The summed E-state index contributed by atoms with van der Waals surface area (Å²) < 4.78 is 5.44. The molecule has 2 aliphatic rings. The minimum Gasteiger partial charge on any atom is -0.378 e. The summed E-state index contributed by atoms with van der Waals surface area (Å²) in [5.41, 5.74) is 3.14. The predicted octanol–water partition coefficient (Wildman–Crippen LogP) is 3.85.